The molecule has 0 heterocycles. The molecular formula is C8H11ClO. The normalized spacial score (nSPS) is 46.1. The van der Waals surface area contributed by atoms with Crippen molar-refractivity contribution in [2.75, 3.05) is 0 Å². The van der Waals surface area contributed by atoms with Gasteiger partial charge in [-0.1, -0.05) is 0 Å². The third-order valence-corrected chi connectivity index (χ3v) is 3.34. The lowest BCUT2D eigenvalue weighted by Gasteiger charge is -2.40. The van der Waals surface area contributed by atoms with E-state index >= 15 is 0 Å². The van der Waals surface area contributed by atoms with Crippen LogP contribution in [0.1, 0.15) is 32.1 Å². The number of fused-ring (bicyclic) bond motifs is 3. The van der Waals surface area contributed by atoms with Crippen LogP contribution in [0.5, 0.6) is 0 Å². The van der Waals surface area contributed by atoms with Crippen LogP contribution < -0.4 is 0 Å². The lowest BCUT2D eigenvalue weighted by molar-refractivity contribution is -0.128. The Hall–Kier alpha value is -0.0400. The molecule has 56 valence electrons. The fourth-order valence-corrected chi connectivity index (χ4v) is 2.44. The number of carbonyl (C=O) groups is 1. The standard InChI is InChI=1S/C8H11ClO/c9-8-3-1-6(2-4-8)7(10)5-8/h6H,1-5H2. The molecule has 0 saturated heterocycles. The Morgan fingerprint density at radius 2 is 2.00 bits per heavy atom. The molecule has 0 radical (unpaired) electrons. The van der Waals surface area contributed by atoms with Crippen LogP contribution in [0.3, 0.4) is 0 Å². The Balaban J connectivity index is 2.22. The summed E-state index contributed by atoms with van der Waals surface area (Å²) in [4.78, 5) is 11.1. The van der Waals surface area contributed by atoms with Gasteiger partial charge in [-0.3, -0.25) is 4.79 Å². The highest BCUT2D eigenvalue weighted by Gasteiger charge is 2.43. The van der Waals surface area contributed by atoms with Crippen molar-refractivity contribution in [1.82, 2.24) is 0 Å². The molecule has 0 N–H and O–H groups in total. The van der Waals surface area contributed by atoms with Crippen molar-refractivity contribution in [3.05, 3.63) is 0 Å². The molecule has 0 atom stereocenters. The van der Waals surface area contributed by atoms with E-state index in [1.165, 1.54) is 0 Å². The van der Waals surface area contributed by atoms with Gasteiger partial charge in [-0.15, -0.1) is 11.6 Å². The largest absolute Gasteiger partial charge is 0.299 e. The summed E-state index contributed by atoms with van der Waals surface area (Å²) in [6, 6.07) is 0. The molecule has 0 aromatic rings. The molecule has 0 spiro atoms. The first-order valence-corrected chi connectivity index (χ1v) is 4.29. The fourth-order valence-electron chi connectivity index (χ4n) is 2.09. The van der Waals surface area contributed by atoms with Gasteiger partial charge in [0, 0.05) is 12.3 Å². The zero-order valence-electron chi connectivity index (χ0n) is 5.90. The van der Waals surface area contributed by atoms with Crippen LogP contribution in [0.25, 0.3) is 0 Å². The van der Waals surface area contributed by atoms with E-state index in [0.717, 1.165) is 25.7 Å². The van der Waals surface area contributed by atoms with Crippen LogP contribution in [0.4, 0.5) is 0 Å². The number of halogens is 1. The minimum Gasteiger partial charge on any atom is -0.299 e. The number of alkyl halides is 1. The predicted molar refractivity (Wildman–Crippen MR) is 40.2 cm³/mol. The molecule has 0 aromatic carbocycles. The molecule has 3 fully saturated rings. The molecule has 0 aromatic heterocycles. The van der Waals surface area contributed by atoms with Crippen molar-refractivity contribution < 1.29 is 4.79 Å². The highest BCUT2D eigenvalue weighted by Crippen LogP contribution is 2.46. The minimum atomic E-state index is -0.119. The lowest BCUT2D eigenvalue weighted by atomic mass is 9.69. The van der Waals surface area contributed by atoms with Gasteiger partial charge in [0.2, 0.25) is 0 Å². The maximum atomic E-state index is 11.2. The summed E-state index contributed by atoms with van der Waals surface area (Å²) < 4.78 is 0. The Labute approximate surface area is 65.7 Å². The molecule has 3 saturated carbocycles. The number of ketones is 1. The van der Waals surface area contributed by atoms with Gasteiger partial charge in [-0.25, -0.2) is 0 Å². The molecule has 2 bridgehead atoms. The Morgan fingerprint density at radius 3 is 2.30 bits per heavy atom. The third-order valence-electron chi connectivity index (χ3n) is 2.83. The van der Waals surface area contributed by atoms with E-state index in [-0.39, 0.29) is 4.87 Å². The van der Waals surface area contributed by atoms with E-state index in [9.17, 15) is 4.79 Å². The fraction of sp³-hybridized carbons (Fsp3) is 0.875. The van der Waals surface area contributed by atoms with Crippen LogP contribution in [0.2, 0.25) is 0 Å². The first-order chi connectivity index (χ1) is 4.70. The van der Waals surface area contributed by atoms with Gasteiger partial charge in [0.1, 0.15) is 5.78 Å². The van der Waals surface area contributed by atoms with Crippen molar-refractivity contribution in [3.63, 3.8) is 0 Å². The second-order valence-electron chi connectivity index (χ2n) is 3.57. The van der Waals surface area contributed by atoms with E-state index in [4.69, 9.17) is 11.6 Å². The van der Waals surface area contributed by atoms with Gasteiger partial charge in [0.15, 0.2) is 0 Å². The van der Waals surface area contributed by atoms with E-state index in [1.807, 2.05) is 0 Å². The van der Waals surface area contributed by atoms with E-state index < -0.39 is 0 Å². The second-order valence-corrected chi connectivity index (χ2v) is 4.37. The molecule has 10 heavy (non-hydrogen) atoms. The molecule has 2 heteroatoms. The highest BCUT2D eigenvalue weighted by atomic mass is 35.5. The molecule has 3 aliphatic carbocycles. The van der Waals surface area contributed by atoms with Gasteiger partial charge < -0.3 is 0 Å². The van der Waals surface area contributed by atoms with Crippen molar-refractivity contribution in [2.45, 2.75) is 37.0 Å². The average molecular weight is 159 g/mol. The summed E-state index contributed by atoms with van der Waals surface area (Å²) in [5.74, 6) is 0.785. The maximum absolute atomic E-state index is 11.2. The van der Waals surface area contributed by atoms with Crippen LogP contribution >= 0.6 is 11.6 Å². The average Bonchev–Trinajstić information content (AvgIpc) is 1.87. The molecule has 1 nitrogen and oxygen atoms in total. The number of hydrogen-bond acceptors (Lipinski definition) is 1. The van der Waals surface area contributed by atoms with Crippen molar-refractivity contribution in [1.29, 1.82) is 0 Å². The number of carbonyl (C=O) groups excluding carboxylic acids is 1. The van der Waals surface area contributed by atoms with Crippen molar-refractivity contribution in [2.24, 2.45) is 5.92 Å². The number of rotatable bonds is 0. The van der Waals surface area contributed by atoms with Gasteiger partial charge in [-0.2, -0.15) is 0 Å². The van der Waals surface area contributed by atoms with Crippen molar-refractivity contribution in [3.8, 4) is 0 Å². The molecule has 3 rings (SSSR count). The van der Waals surface area contributed by atoms with E-state index in [2.05, 4.69) is 0 Å². The van der Waals surface area contributed by atoms with E-state index in [0.29, 0.717) is 18.1 Å². The zero-order valence-corrected chi connectivity index (χ0v) is 6.66. The monoisotopic (exact) mass is 158 g/mol. The zero-order chi connectivity index (χ0) is 7.19. The first-order valence-electron chi connectivity index (χ1n) is 3.91. The molecule has 0 aliphatic heterocycles. The maximum Gasteiger partial charge on any atom is 0.137 e. The van der Waals surface area contributed by atoms with Gasteiger partial charge >= 0.3 is 0 Å². The predicted octanol–water partition coefficient (Wildman–Crippen LogP) is 2.13. The third kappa shape index (κ3) is 0.878. The first kappa shape index (κ1) is 6.66. The number of hydrogen-bond donors (Lipinski definition) is 0. The summed E-state index contributed by atoms with van der Waals surface area (Å²) in [5, 5.41) is 0. The van der Waals surface area contributed by atoms with E-state index in [1.54, 1.807) is 0 Å². The topological polar surface area (TPSA) is 17.1 Å². The summed E-state index contributed by atoms with van der Waals surface area (Å²) in [5.41, 5.74) is 0. The molecular weight excluding hydrogens is 148 g/mol. The van der Waals surface area contributed by atoms with Crippen molar-refractivity contribution >= 4 is 17.4 Å². The molecule has 3 aliphatic rings. The Morgan fingerprint density at radius 1 is 1.40 bits per heavy atom. The molecule has 0 amide bonds. The van der Waals surface area contributed by atoms with Crippen LogP contribution in [0, 0.1) is 5.92 Å². The lowest BCUT2D eigenvalue weighted by Crippen LogP contribution is -2.41. The summed E-state index contributed by atoms with van der Waals surface area (Å²) in [6.07, 6.45) is 4.85. The highest BCUT2D eigenvalue weighted by molar-refractivity contribution is 6.25. The second kappa shape index (κ2) is 1.97. The summed E-state index contributed by atoms with van der Waals surface area (Å²) >= 11 is 6.17. The van der Waals surface area contributed by atoms with Gasteiger partial charge in [-0.05, 0) is 25.7 Å². The Bertz CT molecular complexity index is 168. The van der Waals surface area contributed by atoms with Gasteiger partial charge in [0.05, 0.1) is 4.87 Å². The quantitative estimate of drug-likeness (QED) is 0.494. The SMILES string of the molecule is O=C1CC2(Cl)CCC1CC2. The van der Waals surface area contributed by atoms with Crippen LogP contribution in [-0.2, 0) is 4.79 Å². The van der Waals surface area contributed by atoms with Crippen LogP contribution in [0.15, 0.2) is 0 Å². The minimum absolute atomic E-state index is 0.119. The van der Waals surface area contributed by atoms with Crippen LogP contribution in [-0.4, -0.2) is 10.7 Å². The molecule has 0 unspecified atom stereocenters. The smallest absolute Gasteiger partial charge is 0.137 e. The number of Topliss-reactive ketones (excluding diaryl/α,β-unsaturated/α-hetero) is 1. The summed E-state index contributed by atoms with van der Waals surface area (Å²) in [6.45, 7) is 0. The summed E-state index contributed by atoms with van der Waals surface area (Å²) in [7, 11) is 0. The Kier molecular flexibility index (Phi) is 1.31. The van der Waals surface area contributed by atoms with Gasteiger partial charge in [0.25, 0.3) is 0 Å².